The average molecular weight is 261 g/mol. The molecule has 0 bridgehead atoms. The summed E-state index contributed by atoms with van der Waals surface area (Å²) >= 11 is 0. The van der Waals surface area contributed by atoms with Crippen molar-refractivity contribution in [1.82, 2.24) is 4.90 Å². The van der Waals surface area contributed by atoms with Crippen LogP contribution in [0.1, 0.15) is 36.5 Å². The van der Waals surface area contributed by atoms with E-state index in [1.807, 2.05) is 6.07 Å². The van der Waals surface area contributed by atoms with Crippen molar-refractivity contribution in [3.63, 3.8) is 0 Å². The van der Waals surface area contributed by atoms with Crippen molar-refractivity contribution in [2.75, 3.05) is 13.1 Å². The molecule has 0 aliphatic carbocycles. The van der Waals surface area contributed by atoms with Crippen LogP contribution >= 0.6 is 0 Å². The summed E-state index contributed by atoms with van der Waals surface area (Å²) in [6, 6.07) is 8.75. The van der Waals surface area contributed by atoms with Crippen molar-refractivity contribution in [2.45, 2.75) is 31.8 Å². The molecule has 1 aromatic carbocycles. The van der Waals surface area contributed by atoms with Crippen LogP contribution in [0.5, 0.6) is 0 Å². The van der Waals surface area contributed by atoms with E-state index in [1.54, 1.807) is 29.2 Å². The number of benzene rings is 1. The molecule has 1 atom stereocenters. The smallest absolute Gasteiger partial charge is 0.222 e. The Kier molecular flexibility index (Phi) is 4.00. The quantitative estimate of drug-likeness (QED) is 0.820. The Hall–Kier alpha value is -1.68. The minimum Gasteiger partial charge on any atom is -0.382 e. The number of amides is 1. The zero-order valence-electron chi connectivity index (χ0n) is 11.1. The van der Waals surface area contributed by atoms with Gasteiger partial charge in [0.15, 0.2) is 5.78 Å². The van der Waals surface area contributed by atoms with Crippen LogP contribution in [0.4, 0.5) is 0 Å². The van der Waals surface area contributed by atoms with E-state index in [0.29, 0.717) is 18.5 Å². The number of ketones is 1. The van der Waals surface area contributed by atoms with Gasteiger partial charge in [0.1, 0.15) is 5.60 Å². The van der Waals surface area contributed by atoms with Crippen molar-refractivity contribution in [2.24, 2.45) is 0 Å². The van der Waals surface area contributed by atoms with Crippen molar-refractivity contribution in [3.05, 3.63) is 35.9 Å². The Morgan fingerprint density at radius 2 is 2.05 bits per heavy atom. The molecule has 1 fully saturated rings. The second kappa shape index (κ2) is 5.53. The van der Waals surface area contributed by atoms with Gasteiger partial charge < -0.3 is 10.0 Å². The second-order valence-electron chi connectivity index (χ2n) is 5.20. The third-order valence-corrected chi connectivity index (χ3v) is 3.57. The molecule has 1 aliphatic heterocycles. The van der Waals surface area contributed by atoms with E-state index in [-0.39, 0.29) is 18.1 Å². The molecule has 1 unspecified atom stereocenters. The van der Waals surface area contributed by atoms with Gasteiger partial charge in [-0.05, 0) is 13.3 Å². The van der Waals surface area contributed by atoms with E-state index < -0.39 is 5.60 Å². The Morgan fingerprint density at radius 3 is 2.63 bits per heavy atom. The third kappa shape index (κ3) is 3.20. The van der Waals surface area contributed by atoms with Gasteiger partial charge in [-0.25, -0.2) is 0 Å². The first-order valence-electron chi connectivity index (χ1n) is 6.61. The minimum absolute atomic E-state index is 0.114. The Labute approximate surface area is 113 Å². The normalized spacial score (nSPS) is 18.4. The van der Waals surface area contributed by atoms with Gasteiger partial charge in [-0.15, -0.1) is 0 Å². The lowest BCUT2D eigenvalue weighted by molar-refractivity contribution is -0.128. The monoisotopic (exact) mass is 261 g/mol. The van der Waals surface area contributed by atoms with Crippen LogP contribution in [-0.2, 0) is 4.79 Å². The standard InChI is InChI=1S/C15H19NO3/c1-15(19,9-11-16-10-5-8-13(16)17)14(18)12-6-3-2-4-7-12/h2-4,6-7,19H,5,8-11H2,1H3. The topological polar surface area (TPSA) is 57.6 Å². The largest absolute Gasteiger partial charge is 0.382 e. The molecule has 1 heterocycles. The molecule has 2 rings (SSSR count). The maximum absolute atomic E-state index is 12.2. The lowest BCUT2D eigenvalue weighted by Gasteiger charge is -2.25. The molecule has 1 aromatic rings. The first-order chi connectivity index (χ1) is 9.00. The molecule has 1 N–H and O–H groups in total. The number of hydrogen-bond acceptors (Lipinski definition) is 3. The van der Waals surface area contributed by atoms with Gasteiger partial charge in [0.05, 0.1) is 0 Å². The lowest BCUT2D eigenvalue weighted by atomic mass is 9.91. The molecule has 4 nitrogen and oxygen atoms in total. The van der Waals surface area contributed by atoms with Crippen molar-refractivity contribution in [3.8, 4) is 0 Å². The molecule has 0 aromatic heterocycles. The Bertz CT molecular complexity index is 468. The highest BCUT2D eigenvalue weighted by Gasteiger charge is 2.32. The molecule has 1 saturated heterocycles. The van der Waals surface area contributed by atoms with E-state index in [9.17, 15) is 14.7 Å². The predicted molar refractivity (Wildman–Crippen MR) is 71.8 cm³/mol. The summed E-state index contributed by atoms with van der Waals surface area (Å²) in [6.45, 7) is 2.68. The zero-order valence-corrected chi connectivity index (χ0v) is 11.1. The zero-order chi connectivity index (χ0) is 13.9. The first-order valence-corrected chi connectivity index (χ1v) is 6.61. The van der Waals surface area contributed by atoms with E-state index in [1.165, 1.54) is 6.92 Å². The SMILES string of the molecule is CC(O)(CCN1CCCC1=O)C(=O)c1ccccc1. The highest BCUT2D eigenvalue weighted by atomic mass is 16.3. The summed E-state index contributed by atoms with van der Waals surface area (Å²) in [5.74, 6) is -0.178. The van der Waals surface area contributed by atoms with E-state index in [4.69, 9.17) is 0 Å². The lowest BCUT2D eigenvalue weighted by Crippen LogP contribution is -2.39. The number of carbonyl (C=O) groups is 2. The minimum atomic E-state index is -1.43. The molecule has 1 aliphatic rings. The van der Waals surface area contributed by atoms with Gasteiger partial charge in [-0.2, -0.15) is 0 Å². The summed E-state index contributed by atoms with van der Waals surface area (Å²) < 4.78 is 0. The molecule has 4 heteroatoms. The van der Waals surface area contributed by atoms with Crippen LogP contribution in [0.25, 0.3) is 0 Å². The van der Waals surface area contributed by atoms with Crippen LogP contribution in [0.3, 0.4) is 0 Å². The summed E-state index contributed by atoms with van der Waals surface area (Å²) in [7, 11) is 0. The number of carbonyl (C=O) groups excluding carboxylic acids is 2. The predicted octanol–water partition coefficient (Wildman–Crippen LogP) is 1.63. The van der Waals surface area contributed by atoms with Crippen molar-refractivity contribution >= 4 is 11.7 Å². The van der Waals surface area contributed by atoms with Gasteiger partial charge in [0, 0.05) is 31.5 Å². The summed E-state index contributed by atoms with van der Waals surface area (Å²) in [5.41, 5.74) is -0.926. The van der Waals surface area contributed by atoms with Gasteiger partial charge >= 0.3 is 0 Å². The Balaban J connectivity index is 1.98. The number of rotatable bonds is 5. The molecular formula is C15H19NO3. The van der Waals surface area contributed by atoms with Crippen LogP contribution < -0.4 is 0 Å². The maximum Gasteiger partial charge on any atom is 0.222 e. The van der Waals surface area contributed by atoms with E-state index >= 15 is 0 Å². The summed E-state index contributed by atoms with van der Waals surface area (Å²) in [6.07, 6.45) is 1.72. The summed E-state index contributed by atoms with van der Waals surface area (Å²) in [4.78, 5) is 25.4. The number of likely N-dealkylation sites (tertiary alicyclic amines) is 1. The van der Waals surface area contributed by atoms with Gasteiger partial charge in [-0.1, -0.05) is 30.3 Å². The fourth-order valence-electron chi connectivity index (χ4n) is 2.31. The van der Waals surface area contributed by atoms with E-state index in [2.05, 4.69) is 0 Å². The summed E-state index contributed by atoms with van der Waals surface area (Å²) in [5, 5.41) is 10.3. The average Bonchev–Trinajstić information content (AvgIpc) is 2.82. The van der Waals surface area contributed by atoms with Crippen molar-refractivity contribution in [1.29, 1.82) is 0 Å². The molecule has 19 heavy (non-hydrogen) atoms. The first kappa shape index (κ1) is 13.7. The van der Waals surface area contributed by atoms with Crippen molar-refractivity contribution < 1.29 is 14.7 Å². The maximum atomic E-state index is 12.2. The number of aliphatic hydroxyl groups is 1. The van der Waals surface area contributed by atoms with Crippen LogP contribution in [0, 0.1) is 0 Å². The molecular weight excluding hydrogens is 242 g/mol. The van der Waals surface area contributed by atoms with Crippen LogP contribution in [-0.4, -0.2) is 40.4 Å². The molecule has 0 saturated carbocycles. The molecule has 0 radical (unpaired) electrons. The molecule has 1 amide bonds. The fraction of sp³-hybridized carbons (Fsp3) is 0.467. The van der Waals surface area contributed by atoms with Gasteiger partial charge in [0.25, 0.3) is 0 Å². The second-order valence-corrected chi connectivity index (χ2v) is 5.20. The highest BCUT2D eigenvalue weighted by molar-refractivity contribution is 6.02. The van der Waals surface area contributed by atoms with E-state index in [0.717, 1.165) is 13.0 Å². The fourth-order valence-corrected chi connectivity index (χ4v) is 2.31. The van der Waals surface area contributed by atoms with Crippen LogP contribution in [0.2, 0.25) is 0 Å². The number of hydrogen-bond donors (Lipinski definition) is 1. The molecule has 102 valence electrons. The van der Waals surface area contributed by atoms with Gasteiger partial charge in [0.2, 0.25) is 5.91 Å². The number of nitrogens with zero attached hydrogens (tertiary/aromatic N) is 1. The molecule has 0 spiro atoms. The third-order valence-electron chi connectivity index (χ3n) is 3.57. The van der Waals surface area contributed by atoms with Gasteiger partial charge in [-0.3, -0.25) is 9.59 Å². The highest BCUT2D eigenvalue weighted by Crippen LogP contribution is 2.19. The number of Topliss-reactive ketones (excluding diaryl/α,β-unsaturated/α-hetero) is 1. The Morgan fingerprint density at radius 1 is 1.37 bits per heavy atom. The van der Waals surface area contributed by atoms with Crippen LogP contribution in [0.15, 0.2) is 30.3 Å².